The van der Waals surface area contributed by atoms with Crippen LogP contribution in [0.15, 0.2) is 83.4 Å². The van der Waals surface area contributed by atoms with Crippen molar-refractivity contribution in [1.82, 2.24) is 19.8 Å². The number of furan rings is 1. The molecular formula is C29H26N4O2. The molecule has 1 amide bonds. The van der Waals surface area contributed by atoms with E-state index in [-0.39, 0.29) is 5.91 Å². The second kappa shape index (κ2) is 8.96. The molecule has 3 aromatic heterocycles. The summed E-state index contributed by atoms with van der Waals surface area (Å²) >= 11 is 0. The first-order valence-electron chi connectivity index (χ1n) is 12.0. The molecule has 6 heteroatoms. The minimum atomic E-state index is 0.0413. The molecule has 1 aliphatic rings. The Labute approximate surface area is 203 Å². The minimum Gasteiger partial charge on any atom is -0.460 e. The van der Waals surface area contributed by atoms with Gasteiger partial charge in [0, 0.05) is 49.7 Å². The number of fused-ring (bicyclic) bond motifs is 2. The standard InChI is InChI=1S/C29H26N4O2/c1-20-11-12-27(35-20)26-18-24(23-9-2-3-10-25(23)31-26)29(34)33-16-14-32(15-17-33)19-22-7-4-6-21-8-5-13-30-28(21)22/h2-13,18H,14-17,19H2,1H3. The van der Waals surface area contributed by atoms with Crippen LogP contribution < -0.4 is 0 Å². The molecule has 0 radical (unpaired) electrons. The number of hydrogen-bond donors (Lipinski definition) is 0. The Hall–Kier alpha value is -4.03. The van der Waals surface area contributed by atoms with Gasteiger partial charge in [-0.15, -0.1) is 0 Å². The molecule has 1 aliphatic heterocycles. The van der Waals surface area contributed by atoms with Crippen LogP contribution >= 0.6 is 0 Å². The summed E-state index contributed by atoms with van der Waals surface area (Å²) in [7, 11) is 0. The molecular weight excluding hydrogens is 436 g/mol. The predicted octanol–water partition coefficient (Wildman–Crippen LogP) is 5.31. The number of carbonyl (C=O) groups excluding carboxylic acids is 1. The second-order valence-electron chi connectivity index (χ2n) is 9.04. The maximum absolute atomic E-state index is 13.7. The van der Waals surface area contributed by atoms with Crippen molar-refractivity contribution in [2.75, 3.05) is 26.2 Å². The largest absolute Gasteiger partial charge is 0.460 e. The Morgan fingerprint density at radius 1 is 0.943 bits per heavy atom. The summed E-state index contributed by atoms with van der Waals surface area (Å²) in [4.78, 5) is 27.4. The third kappa shape index (κ3) is 4.17. The molecule has 174 valence electrons. The van der Waals surface area contributed by atoms with Gasteiger partial charge in [-0.3, -0.25) is 14.7 Å². The number of carbonyl (C=O) groups is 1. The maximum atomic E-state index is 13.7. The lowest BCUT2D eigenvalue weighted by Crippen LogP contribution is -2.48. The van der Waals surface area contributed by atoms with Gasteiger partial charge in [0.05, 0.1) is 16.6 Å². The molecule has 0 spiro atoms. The molecule has 1 saturated heterocycles. The number of rotatable bonds is 4. The first kappa shape index (κ1) is 21.5. The molecule has 1 fully saturated rings. The molecule has 0 aliphatic carbocycles. The highest BCUT2D eigenvalue weighted by Crippen LogP contribution is 2.27. The smallest absolute Gasteiger partial charge is 0.254 e. The van der Waals surface area contributed by atoms with Crippen molar-refractivity contribution >= 4 is 27.7 Å². The van der Waals surface area contributed by atoms with Crippen LogP contribution in [0.4, 0.5) is 0 Å². The van der Waals surface area contributed by atoms with Gasteiger partial charge in [0.25, 0.3) is 5.91 Å². The Morgan fingerprint density at radius 3 is 2.60 bits per heavy atom. The summed E-state index contributed by atoms with van der Waals surface area (Å²) < 4.78 is 5.80. The van der Waals surface area contributed by atoms with Gasteiger partial charge in [0.15, 0.2) is 5.76 Å². The summed E-state index contributed by atoms with van der Waals surface area (Å²) in [5, 5.41) is 2.03. The third-order valence-electron chi connectivity index (χ3n) is 6.71. The van der Waals surface area contributed by atoms with E-state index in [9.17, 15) is 4.79 Å². The van der Waals surface area contributed by atoms with E-state index in [2.05, 4.69) is 34.1 Å². The number of piperazine rings is 1. The number of nitrogens with zero attached hydrogens (tertiary/aromatic N) is 4. The highest BCUT2D eigenvalue weighted by atomic mass is 16.3. The number of para-hydroxylation sites is 2. The fraction of sp³-hybridized carbons (Fsp3) is 0.207. The summed E-state index contributed by atoms with van der Waals surface area (Å²) in [6.45, 7) is 5.75. The van der Waals surface area contributed by atoms with Crippen molar-refractivity contribution in [3.8, 4) is 11.5 Å². The molecule has 5 aromatic rings. The SMILES string of the molecule is Cc1ccc(-c2cc(C(=O)N3CCN(Cc4cccc5cccnc45)CC3)c3ccccc3n2)o1. The first-order valence-corrected chi connectivity index (χ1v) is 12.0. The summed E-state index contributed by atoms with van der Waals surface area (Å²) in [6.07, 6.45) is 1.85. The van der Waals surface area contributed by atoms with Crippen LogP contribution in [0.5, 0.6) is 0 Å². The summed E-state index contributed by atoms with van der Waals surface area (Å²) in [5.74, 6) is 1.54. The minimum absolute atomic E-state index is 0.0413. The van der Waals surface area contributed by atoms with Crippen molar-refractivity contribution in [1.29, 1.82) is 0 Å². The van der Waals surface area contributed by atoms with E-state index in [0.717, 1.165) is 47.2 Å². The molecule has 4 heterocycles. The van der Waals surface area contributed by atoms with E-state index in [0.29, 0.717) is 30.1 Å². The Bertz CT molecular complexity index is 1530. The normalized spacial score (nSPS) is 14.6. The zero-order chi connectivity index (χ0) is 23.8. The van der Waals surface area contributed by atoms with E-state index in [1.54, 1.807) is 0 Å². The van der Waals surface area contributed by atoms with Gasteiger partial charge >= 0.3 is 0 Å². The van der Waals surface area contributed by atoms with E-state index in [1.165, 1.54) is 5.56 Å². The van der Waals surface area contributed by atoms with Gasteiger partial charge in [-0.05, 0) is 42.8 Å². The lowest BCUT2D eigenvalue weighted by molar-refractivity contribution is 0.0631. The van der Waals surface area contributed by atoms with E-state index in [1.807, 2.05) is 66.6 Å². The van der Waals surface area contributed by atoms with Crippen LogP contribution in [0.2, 0.25) is 0 Å². The van der Waals surface area contributed by atoms with Crippen LogP contribution in [-0.4, -0.2) is 51.9 Å². The van der Waals surface area contributed by atoms with E-state index < -0.39 is 0 Å². The maximum Gasteiger partial charge on any atom is 0.254 e. The van der Waals surface area contributed by atoms with E-state index >= 15 is 0 Å². The van der Waals surface area contributed by atoms with Gasteiger partial charge in [-0.2, -0.15) is 0 Å². The molecule has 35 heavy (non-hydrogen) atoms. The topological polar surface area (TPSA) is 62.5 Å². The fourth-order valence-corrected chi connectivity index (χ4v) is 4.87. The molecule has 0 unspecified atom stereocenters. The zero-order valence-corrected chi connectivity index (χ0v) is 19.6. The first-order chi connectivity index (χ1) is 17.2. The van der Waals surface area contributed by atoms with Crippen LogP contribution in [0.25, 0.3) is 33.3 Å². The highest BCUT2D eigenvalue weighted by molar-refractivity contribution is 6.07. The third-order valence-corrected chi connectivity index (χ3v) is 6.71. The predicted molar refractivity (Wildman–Crippen MR) is 137 cm³/mol. The molecule has 6 rings (SSSR count). The number of aryl methyl sites for hydroxylation is 1. The van der Waals surface area contributed by atoms with Gasteiger partial charge in [0.1, 0.15) is 11.5 Å². The summed E-state index contributed by atoms with van der Waals surface area (Å²) in [6, 6.07) is 23.9. The summed E-state index contributed by atoms with van der Waals surface area (Å²) in [5.41, 5.74) is 4.43. The van der Waals surface area contributed by atoms with Gasteiger partial charge in [0.2, 0.25) is 0 Å². The number of aromatic nitrogens is 2. The highest BCUT2D eigenvalue weighted by Gasteiger charge is 2.25. The lowest BCUT2D eigenvalue weighted by Gasteiger charge is -2.35. The Balaban J connectivity index is 1.23. The van der Waals surface area contributed by atoms with Crippen LogP contribution in [0.1, 0.15) is 21.7 Å². The second-order valence-corrected chi connectivity index (χ2v) is 9.04. The zero-order valence-electron chi connectivity index (χ0n) is 19.6. The molecule has 2 aromatic carbocycles. The quantitative estimate of drug-likeness (QED) is 0.362. The fourth-order valence-electron chi connectivity index (χ4n) is 4.87. The molecule has 0 saturated carbocycles. The van der Waals surface area contributed by atoms with Crippen LogP contribution in [-0.2, 0) is 6.54 Å². The number of benzene rings is 2. The van der Waals surface area contributed by atoms with Crippen molar-refractivity contribution < 1.29 is 9.21 Å². The average molecular weight is 463 g/mol. The number of hydrogen-bond acceptors (Lipinski definition) is 5. The average Bonchev–Trinajstić information content (AvgIpc) is 3.34. The van der Waals surface area contributed by atoms with Crippen molar-refractivity contribution in [3.63, 3.8) is 0 Å². The van der Waals surface area contributed by atoms with Crippen molar-refractivity contribution in [2.24, 2.45) is 0 Å². The molecule has 0 atom stereocenters. The molecule has 6 nitrogen and oxygen atoms in total. The Morgan fingerprint density at radius 2 is 1.77 bits per heavy atom. The molecule has 0 N–H and O–H groups in total. The van der Waals surface area contributed by atoms with Crippen molar-refractivity contribution in [3.05, 3.63) is 95.9 Å². The van der Waals surface area contributed by atoms with Crippen LogP contribution in [0.3, 0.4) is 0 Å². The van der Waals surface area contributed by atoms with Gasteiger partial charge in [-0.25, -0.2) is 4.98 Å². The number of amides is 1. The lowest BCUT2D eigenvalue weighted by atomic mass is 10.0. The molecule has 0 bridgehead atoms. The van der Waals surface area contributed by atoms with Crippen molar-refractivity contribution in [2.45, 2.75) is 13.5 Å². The van der Waals surface area contributed by atoms with Crippen LogP contribution in [0, 0.1) is 6.92 Å². The Kier molecular flexibility index (Phi) is 5.51. The van der Waals surface area contributed by atoms with E-state index in [4.69, 9.17) is 9.40 Å². The number of pyridine rings is 2. The van der Waals surface area contributed by atoms with Gasteiger partial charge in [-0.1, -0.05) is 42.5 Å². The van der Waals surface area contributed by atoms with Gasteiger partial charge < -0.3 is 9.32 Å². The monoisotopic (exact) mass is 462 g/mol.